The Kier molecular flexibility index (Phi) is 43.3. The van der Waals surface area contributed by atoms with Gasteiger partial charge in [0.25, 0.3) is 0 Å². The molecule has 0 aliphatic carbocycles. The molecule has 0 rings (SSSR count). The largest absolute Gasteiger partial charge is 0.462 e. The lowest BCUT2D eigenvalue weighted by Crippen LogP contribution is -2.30. The van der Waals surface area contributed by atoms with E-state index in [9.17, 15) is 14.4 Å². The SMILES string of the molecule is CCC(C)CCCCCCCCCCC(=O)OC[C@@H](COC(=O)CCCCCCCCCCCCCCCCCCC(C)C)OC(=O)CCCCCCCCCC(C)C. The van der Waals surface area contributed by atoms with E-state index in [2.05, 4.69) is 41.5 Å². The minimum atomic E-state index is -0.763. The van der Waals surface area contributed by atoms with Gasteiger partial charge in [0.2, 0.25) is 0 Å². The first-order valence-corrected chi connectivity index (χ1v) is 26.1. The first kappa shape index (κ1) is 57.4. The summed E-state index contributed by atoms with van der Waals surface area (Å²) in [5.74, 6) is 1.62. The molecule has 0 N–H and O–H groups in total. The highest BCUT2D eigenvalue weighted by atomic mass is 16.6. The molecule has 0 bridgehead atoms. The third-order valence-corrected chi connectivity index (χ3v) is 12.3. The van der Waals surface area contributed by atoms with Crippen LogP contribution in [0.25, 0.3) is 0 Å². The number of carbonyl (C=O) groups is 3. The van der Waals surface area contributed by atoms with Crippen molar-refractivity contribution in [2.75, 3.05) is 13.2 Å². The fourth-order valence-corrected chi connectivity index (χ4v) is 7.91. The van der Waals surface area contributed by atoms with Crippen molar-refractivity contribution in [3.8, 4) is 0 Å². The highest BCUT2D eigenvalue weighted by Crippen LogP contribution is 2.18. The Hall–Kier alpha value is -1.59. The van der Waals surface area contributed by atoms with Crippen LogP contribution >= 0.6 is 0 Å². The van der Waals surface area contributed by atoms with Crippen LogP contribution in [0.4, 0.5) is 0 Å². The van der Waals surface area contributed by atoms with Gasteiger partial charge in [-0.1, -0.05) is 247 Å². The molecule has 6 heteroatoms. The molecular weight excluding hydrogens is 733 g/mol. The Bertz CT molecular complexity index is 916. The zero-order valence-electron chi connectivity index (χ0n) is 40.5. The van der Waals surface area contributed by atoms with Crippen LogP contribution in [0.3, 0.4) is 0 Å². The van der Waals surface area contributed by atoms with Crippen LogP contribution in [0.2, 0.25) is 0 Å². The fourth-order valence-electron chi connectivity index (χ4n) is 7.91. The number of esters is 3. The van der Waals surface area contributed by atoms with E-state index in [4.69, 9.17) is 14.2 Å². The van der Waals surface area contributed by atoms with E-state index in [0.29, 0.717) is 19.3 Å². The van der Waals surface area contributed by atoms with Crippen LogP contribution in [0, 0.1) is 17.8 Å². The summed E-state index contributed by atoms with van der Waals surface area (Å²) >= 11 is 0. The molecule has 59 heavy (non-hydrogen) atoms. The number of hydrogen-bond acceptors (Lipinski definition) is 6. The van der Waals surface area contributed by atoms with Crippen molar-refractivity contribution in [3.63, 3.8) is 0 Å². The second-order valence-corrected chi connectivity index (χ2v) is 19.4. The monoisotopic (exact) mass is 835 g/mol. The van der Waals surface area contributed by atoms with E-state index in [1.54, 1.807) is 0 Å². The summed E-state index contributed by atoms with van der Waals surface area (Å²) in [6.45, 7) is 13.7. The fraction of sp³-hybridized carbons (Fsp3) is 0.943. The van der Waals surface area contributed by atoms with E-state index < -0.39 is 6.10 Å². The van der Waals surface area contributed by atoms with E-state index in [-0.39, 0.29) is 31.1 Å². The first-order valence-electron chi connectivity index (χ1n) is 26.1. The third kappa shape index (κ3) is 45.8. The molecular formula is C53H102O6. The summed E-state index contributed by atoms with van der Waals surface area (Å²) in [4.78, 5) is 37.9. The average Bonchev–Trinajstić information content (AvgIpc) is 3.20. The van der Waals surface area contributed by atoms with Gasteiger partial charge in [0.05, 0.1) is 0 Å². The molecule has 0 saturated heterocycles. The van der Waals surface area contributed by atoms with Crippen LogP contribution < -0.4 is 0 Å². The standard InChI is InChI=1S/C53H102O6/c1-7-49(6)41-35-29-23-18-19-25-31-37-43-52(55)58-46-50(59-53(56)44-38-32-26-20-22-28-34-40-48(4)5)45-57-51(54)42-36-30-24-17-15-13-11-9-8-10-12-14-16-21-27-33-39-47(2)3/h47-50H,7-46H2,1-6H3/t49?,50-/m1/s1. The van der Waals surface area contributed by atoms with E-state index in [1.165, 1.54) is 167 Å². The van der Waals surface area contributed by atoms with Crippen LogP contribution in [-0.4, -0.2) is 37.2 Å². The number of hydrogen-bond donors (Lipinski definition) is 0. The van der Waals surface area contributed by atoms with Crippen molar-refractivity contribution < 1.29 is 28.6 Å². The molecule has 0 saturated carbocycles. The summed E-state index contributed by atoms with van der Waals surface area (Å²) < 4.78 is 16.8. The summed E-state index contributed by atoms with van der Waals surface area (Å²) in [6, 6.07) is 0. The molecule has 0 radical (unpaired) electrons. The minimum Gasteiger partial charge on any atom is -0.462 e. The Morgan fingerprint density at radius 1 is 0.339 bits per heavy atom. The highest BCUT2D eigenvalue weighted by Gasteiger charge is 2.19. The second kappa shape index (κ2) is 44.5. The van der Waals surface area contributed by atoms with Gasteiger partial charge < -0.3 is 14.2 Å². The second-order valence-electron chi connectivity index (χ2n) is 19.4. The van der Waals surface area contributed by atoms with Crippen LogP contribution in [0.5, 0.6) is 0 Å². The zero-order valence-corrected chi connectivity index (χ0v) is 40.5. The summed E-state index contributed by atoms with van der Waals surface area (Å²) in [7, 11) is 0. The van der Waals surface area contributed by atoms with Crippen molar-refractivity contribution in [1.82, 2.24) is 0 Å². The van der Waals surface area contributed by atoms with Crippen molar-refractivity contribution in [2.24, 2.45) is 17.8 Å². The van der Waals surface area contributed by atoms with E-state index in [1.807, 2.05) is 0 Å². The maximum atomic E-state index is 12.7. The van der Waals surface area contributed by atoms with Crippen LogP contribution in [-0.2, 0) is 28.6 Å². The van der Waals surface area contributed by atoms with Gasteiger partial charge >= 0.3 is 17.9 Å². The predicted octanol–water partition coefficient (Wildman–Crippen LogP) is 16.8. The minimum absolute atomic E-state index is 0.0654. The molecule has 2 atom stereocenters. The Labute approximate surface area is 368 Å². The molecule has 0 fully saturated rings. The Balaban J connectivity index is 4.24. The predicted molar refractivity (Wildman–Crippen MR) is 252 cm³/mol. The molecule has 6 nitrogen and oxygen atoms in total. The van der Waals surface area contributed by atoms with Crippen molar-refractivity contribution >= 4 is 17.9 Å². The Morgan fingerprint density at radius 3 is 0.881 bits per heavy atom. The molecule has 0 aromatic rings. The number of rotatable bonds is 46. The topological polar surface area (TPSA) is 78.9 Å². The maximum absolute atomic E-state index is 12.7. The highest BCUT2D eigenvalue weighted by molar-refractivity contribution is 5.71. The number of carbonyl (C=O) groups excluding carboxylic acids is 3. The lowest BCUT2D eigenvalue weighted by atomic mass is 9.99. The summed E-state index contributed by atoms with van der Waals surface area (Å²) in [5.41, 5.74) is 0. The van der Waals surface area contributed by atoms with Crippen molar-refractivity contribution in [2.45, 2.75) is 292 Å². The Morgan fingerprint density at radius 2 is 0.593 bits per heavy atom. The molecule has 0 aromatic heterocycles. The number of ether oxygens (including phenoxy) is 3. The molecule has 1 unspecified atom stereocenters. The lowest BCUT2D eigenvalue weighted by molar-refractivity contribution is -0.167. The molecule has 0 heterocycles. The van der Waals surface area contributed by atoms with Crippen molar-refractivity contribution in [3.05, 3.63) is 0 Å². The van der Waals surface area contributed by atoms with Gasteiger partial charge in [-0.15, -0.1) is 0 Å². The van der Waals surface area contributed by atoms with Gasteiger partial charge in [0, 0.05) is 19.3 Å². The molecule has 0 aliphatic rings. The number of unbranched alkanes of at least 4 members (excludes halogenated alkanes) is 28. The van der Waals surface area contributed by atoms with Gasteiger partial charge in [0.1, 0.15) is 13.2 Å². The molecule has 0 amide bonds. The van der Waals surface area contributed by atoms with Crippen LogP contribution in [0.15, 0.2) is 0 Å². The van der Waals surface area contributed by atoms with E-state index >= 15 is 0 Å². The zero-order chi connectivity index (χ0) is 43.4. The molecule has 0 aliphatic heterocycles. The lowest BCUT2D eigenvalue weighted by Gasteiger charge is -2.18. The van der Waals surface area contributed by atoms with Gasteiger partial charge in [0.15, 0.2) is 6.10 Å². The van der Waals surface area contributed by atoms with Gasteiger partial charge in [-0.3, -0.25) is 14.4 Å². The smallest absolute Gasteiger partial charge is 0.306 e. The molecule has 0 aromatic carbocycles. The molecule has 0 spiro atoms. The maximum Gasteiger partial charge on any atom is 0.306 e. The molecule has 350 valence electrons. The normalized spacial score (nSPS) is 12.6. The van der Waals surface area contributed by atoms with Crippen molar-refractivity contribution in [1.29, 1.82) is 0 Å². The van der Waals surface area contributed by atoms with Gasteiger partial charge in [-0.2, -0.15) is 0 Å². The first-order chi connectivity index (χ1) is 28.6. The van der Waals surface area contributed by atoms with E-state index in [0.717, 1.165) is 75.5 Å². The quantitative estimate of drug-likeness (QED) is 0.0345. The summed E-state index contributed by atoms with van der Waals surface area (Å²) in [6.07, 6.45) is 43.8. The third-order valence-electron chi connectivity index (χ3n) is 12.3. The van der Waals surface area contributed by atoms with Crippen LogP contribution in [0.1, 0.15) is 286 Å². The average molecular weight is 835 g/mol. The van der Waals surface area contributed by atoms with Gasteiger partial charge in [-0.05, 0) is 37.0 Å². The van der Waals surface area contributed by atoms with Gasteiger partial charge in [-0.25, -0.2) is 0 Å². The summed E-state index contributed by atoms with van der Waals surface area (Å²) in [5, 5.41) is 0.